The molecule has 0 heterocycles. The molecule has 0 saturated heterocycles. The van der Waals surface area contributed by atoms with Gasteiger partial charge in [-0.1, -0.05) is 26.0 Å². The Labute approximate surface area is 116 Å². The third-order valence-corrected chi connectivity index (χ3v) is 4.41. The summed E-state index contributed by atoms with van der Waals surface area (Å²) < 4.78 is 5.65. The molecule has 1 aliphatic rings. The molecular formula is C17H26O2. The van der Waals surface area contributed by atoms with E-state index >= 15 is 0 Å². The number of hydrogen-bond donors (Lipinski definition) is 1. The maximum Gasteiger partial charge on any atom is 0.119 e. The molecule has 106 valence electrons. The molecular weight excluding hydrogens is 236 g/mol. The lowest BCUT2D eigenvalue weighted by Gasteiger charge is -2.39. The molecule has 1 saturated carbocycles. The third kappa shape index (κ3) is 3.30. The Bertz CT molecular complexity index is 410. The maximum absolute atomic E-state index is 10.9. The van der Waals surface area contributed by atoms with E-state index in [0.717, 1.165) is 30.6 Å². The molecule has 0 spiro atoms. The first-order chi connectivity index (χ1) is 8.90. The second-order valence-electron chi connectivity index (χ2n) is 6.42. The normalized spacial score (nSPS) is 31.5. The summed E-state index contributed by atoms with van der Waals surface area (Å²) in [6.45, 7) is 8.56. The molecule has 1 aromatic rings. The van der Waals surface area contributed by atoms with Gasteiger partial charge in [0.1, 0.15) is 5.75 Å². The van der Waals surface area contributed by atoms with Gasteiger partial charge in [-0.2, -0.15) is 0 Å². The van der Waals surface area contributed by atoms with Crippen LogP contribution < -0.4 is 4.74 Å². The molecule has 0 aliphatic heterocycles. The number of rotatable bonds is 3. The summed E-state index contributed by atoms with van der Waals surface area (Å²) in [5, 5.41) is 10.9. The Hall–Kier alpha value is -1.02. The van der Waals surface area contributed by atoms with Gasteiger partial charge in [-0.3, -0.25) is 0 Å². The van der Waals surface area contributed by atoms with Crippen molar-refractivity contribution in [1.29, 1.82) is 0 Å². The van der Waals surface area contributed by atoms with Crippen LogP contribution in [0.2, 0.25) is 0 Å². The van der Waals surface area contributed by atoms with Crippen LogP contribution in [0.3, 0.4) is 0 Å². The van der Waals surface area contributed by atoms with Crippen LogP contribution in [0.4, 0.5) is 0 Å². The summed E-state index contributed by atoms with van der Waals surface area (Å²) in [4.78, 5) is 0. The minimum absolute atomic E-state index is 0.185. The van der Waals surface area contributed by atoms with Crippen LogP contribution in [0, 0.1) is 11.8 Å². The summed E-state index contributed by atoms with van der Waals surface area (Å²) in [5.74, 6) is 2.16. The monoisotopic (exact) mass is 262 g/mol. The highest BCUT2D eigenvalue weighted by atomic mass is 16.5. The van der Waals surface area contributed by atoms with Crippen LogP contribution in [-0.4, -0.2) is 11.2 Å². The summed E-state index contributed by atoms with van der Waals surface area (Å²) in [6, 6.07) is 7.97. The smallest absolute Gasteiger partial charge is 0.119 e. The van der Waals surface area contributed by atoms with E-state index in [-0.39, 0.29) is 6.10 Å². The average Bonchev–Trinajstić information content (AvgIpc) is 2.34. The van der Waals surface area contributed by atoms with E-state index in [9.17, 15) is 5.11 Å². The van der Waals surface area contributed by atoms with Gasteiger partial charge >= 0.3 is 0 Å². The third-order valence-electron chi connectivity index (χ3n) is 4.41. The Balaban J connectivity index is 2.13. The highest BCUT2D eigenvalue weighted by Crippen LogP contribution is 2.42. The quantitative estimate of drug-likeness (QED) is 0.888. The molecule has 0 radical (unpaired) electrons. The minimum atomic E-state index is -0.651. The van der Waals surface area contributed by atoms with Gasteiger partial charge in [0.05, 0.1) is 11.7 Å². The molecule has 1 aromatic carbocycles. The highest BCUT2D eigenvalue weighted by molar-refractivity contribution is 5.31. The zero-order valence-corrected chi connectivity index (χ0v) is 12.5. The van der Waals surface area contributed by atoms with Gasteiger partial charge in [0.25, 0.3) is 0 Å². The van der Waals surface area contributed by atoms with Gasteiger partial charge in [0.15, 0.2) is 0 Å². The van der Waals surface area contributed by atoms with Crippen molar-refractivity contribution in [2.45, 2.75) is 58.7 Å². The van der Waals surface area contributed by atoms with Crippen molar-refractivity contribution in [1.82, 2.24) is 0 Å². The molecule has 2 rings (SSSR count). The second kappa shape index (κ2) is 5.54. The van der Waals surface area contributed by atoms with Gasteiger partial charge in [0, 0.05) is 0 Å². The molecule has 1 aliphatic carbocycles. The van der Waals surface area contributed by atoms with Crippen molar-refractivity contribution in [2.24, 2.45) is 11.8 Å². The maximum atomic E-state index is 10.9. The molecule has 0 aromatic heterocycles. The lowest BCUT2D eigenvalue weighted by Crippen LogP contribution is -2.35. The van der Waals surface area contributed by atoms with E-state index in [1.807, 2.05) is 38.1 Å². The van der Waals surface area contributed by atoms with Crippen molar-refractivity contribution in [3.8, 4) is 5.75 Å². The number of ether oxygens (including phenoxy) is 1. The van der Waals surface area contributed by atoms with Gasteiger partial charge in [0.2, 0.25) is 0 Å². The fourth-order valence-electron chi connectivity index (χ4n) is 2.96. The van der Waals surface area contributed by atoms with Crippen molar-refractivity contribution < 1.29 is 9.84 Å². The summed E-state index contributed by atoms with van der Waals surface area (Å²) >= 11 is 0. The van der Waals surface area contributed by atoms with Gasteiger partial charge in [-0.15, -0.1) is 0 Å². The van der Waals surface area contributed by atoms with E-state index < -0.39 is 5.60 Å². The molecule has 2 nitrogen and oxygen atoms in total. The van der Waals surface area contributed by atoms with Crippen LogP contribution in [0.5, 0.6) is 5.75 Å². The molecule has 19 heavy (non-hydrogen) atoms. The van der Waals surface area contributed by atoms with Crippen LogP contribution in [0.15, 0.2) is 24.3 Å². The first kappa shape index (κ1) is 14.4. The summed E-state index contributed by atoms with van der Waals surface area (Å²) in [7, 11) is 0. The lowest BCUT2D eigenvalue weighted by molar-refractivity contribution is -0.0336. The number of hydrogen-bond acceptors (Lipinski definition) is 2. The van der Waals surface area contributed by atoms with E-state index in [4.69, 9.17) is 4.74 Å². The van der Waals surface area contributed by atoms with Gasteiger partial charge < -0.3 is 9.84 Å². The van der Waals surface area contributed by atoms with Crippen molar-refractivity contribution >= 4 is 0 Å². The summed E-state index contributed by atoms with van der Waals surface area (Å²) in [5.41, 5.74) is 0.379. The van der Waals surface area contributed by atoms with E-state index in [1.165, 1.54) is 0 Å². The van der Waals surface area contributed by atoms with Crippen LogP contribution in [-0.2, 0) is 5.60 Å². The first-order valence-electron chi connectivity index (χ1n) is 7.40. The SMILES string of the molecule is CC(C)Oc1ccc(C2(O)CCC(C)C(C)C2)cc1. The van der Waals surface area contributed by atoms with Crippen LogP contribution in [0.1, 0.15) is 52.5 Å². The average molecular weight is 262 g/mol. The zero-order valence-electron chi connectivity index (χ0n) is 12.5. The molecule has 0 amide bonds. The first-order valence-corrected chi connectivity index (χ1v) is 7.40. The topological polar surface area (TPSA) is 29.5 Å². The van der Waals surface area contributed by atoms with E-state index in [0.29, 0.717) is 11.8 Å². The number of aliphatic hydroxyl groups is 1. The fourth-order valence-corrected chi connectivity index (χ4v) is 2.96. The van der Waals surface area contributed by atoms with Crippen molar-refractivity contribution in [3.05, 3.63) is 29.8 Å². The Morgan fingerprint density at radius 3 is 2.32 bits per heavy atom. The van der Waals surface area contributed by atoms with Crippen molar-refractivity contribution in [3.63, 3.8) is 0 Å². The fraction of sp³-hybridized carbons (Fsp3) is 0.647. The van der Waals surface area contributed by atoms with Gasteiger partial charge in [-0.05, 0) is 62.6 Å². The molecule has 1 fully saturated rings. The Kier molecular flexibility index (Phi) is 4.19. The van der Waals surface area contributed by atoms with Crippen molar-refractivity contribution in [2.75, 3.05) is 0 Å². The van der Waals surface area contributed by atoms with Gasteiger partial charge in [-0.25, -0.2) is 0 Å². The lowest BCUT2D eigenvalue weighted by atomic mass is 9.70. The van der Waals surface area contributed by atoms with Crippen LogP contribution in [0.25, 0.3) is 0 Å². The highest BCUT2D eigenvalue weighted by Gasteiger charge is 2.37. The molecule has 0 bridgehead atoms. The Morgan fingerprint density at radius 1 is 1.16 bits per heavy atom. The molecule has 3 unspecified atom stereocenters. The number of benzene rings is 1. The zero-order chi connectivity index (χ0) is 14.0. The van der Waals surface area contributed by atoms with E-state index in [1.54, 1.807) is 0 Å². The van der Waals surface area contributed by atoms with E-state index in [2.05, 4.69) is 13.8 Å². The van der Waals surface area contributed by atoms with Crippen LogP contribution >= 0.6 is 0 Å². The predicted octanol–water partition coefficient (Wildman–Crippen LogP) is 4.12. The standard InChI is InChI=1S/C17H26O2/c1-12(2)19-16-7-5-15(6-8-16)17(18)10-9-13(3)14(4)11-17/h5-8,12-14,18H,9-11H2,1-4H3. The largest absolute Gasteiger partial charge is 0.491 e. The second-order valence-corrected chi connectivity index (χ2v) is 6.42. The minimum Gasteiger partial charge on any atom is -0.491 e. The molecule has 2 heteroatoms. The molecule has 1 N–H and O–H groups in total. The molecule has 3 atom stereocenters. The summed E-state index contributed by atoms with van der Waals surface area (Å²) in [6.07, 6.45) is 3.01. The predicted molar refractivity (Wildman–Crippen MR) is 78.3 cm³/mol. The Morgan fingerprint density at radius 2 is 1.79 bits per heavy atom.